The SMILES string of the molecule is CC(C)(C)OC(=O)Nc1nc(Cl)ccc1C(=O)O. The summed E-state index contributed by atoms with van der Waals surface area (Å²) in [5.74, 6) is -1.37. The fraction of sp³-hybridized carbons (Fsp3) is 0.364. The van der Waals surface area contributed by atoms with Crippen LogP contribution < -0.4 is 5.32 Å². The lowest BCUT2D eigenvalue weighted by Crippen LogP contribution is -2.28. The Morgan fingerprint density at radius 2 is 2.00 bits per heavy atom. The molecule has 0 aromatic carbocycles. The van der Waals surface area contributed by atoms with E-state index in [0.29, 0.717) is 0 Å². The molecule has 1 rings (SSSR count). The fourth-order valence-corrected chi connectivity index (χ4v) is 1.25. The van der Waals surface area contributed by atoms with Crippen molar-refractivity contribution in [1.29, 1.82) is 0 Å². The van der Waals surface area contributed by atoms with Crippen LogP contribution in [-0.4, -0.2) is 27.8 Å². The molecule has 6 nitrogen and oxygen atoms in total. The van der Waals surface area contributed by atoms with E-state index in [-0.39, 0.29) is 16.5 Å². The first-order valence-corrected chi connectivity index (χ1v) is 5.46. The molecule has 0 aliphatic rings. The first kappa shape index (κ1) is 14.2. The summed E-state index contributed by atoms with van der Waals surface area (Å²) < 4.78 is 4.99. The quantitative estimate of drug-likeness (QED) is 0.808. The molecule has 7 heteroatoms. The van der Waals surface area contributed by atoms with Crippen molar-refractivity contribution >= 4 is 29.5 Å². The number of carboxylic acid groups (broad SMARTS) is 1. The predicted octanol–water partition coefficient (Wildman–Crippen LogP) is 2.78. The van der Waals surface area contributed by atoms with Gasteiger partial charge in [-0.25, -0.2) is 14.6 Å². The Balaban J connectivity index is 2.93. The highest BCUT2D eigenvalue weighted by molar-refractivity contribution is 6.29. The first-order valence-electron chi connectivity index (χ1n) is 5.09. The van der Waals surface area contributed by atoms with Crippen LogP contribution >= 0.6 is 11.6 Å². The molecule has 0 spiro atoms. The Kier molecular flexibility index (Phi) is 4.13. The number of nitrogens with one attached hydrogen (secondary N) is 1. The van der Waals surface area contributed by atoms with Crippen molar-refractivity contribution in [2.24, 2.45) is 0 Å². The zero-order chi connectivity index (χ0) is 13.9. The third-order valence-electron chi connectivity index (χ3n) is 1.71. The first-order chi connectivity index (χ1) is 8.19. The van der Waals surface area contributed by atoms with E-state index in [9.17, 15) is 9.59 Å². The number of ether oxygens (including phenoxy) is 1. The molecular weight excluding hydrogens is 260 g/mol. The number of anilines is 1. The number of pyridine rings is 1. The minimum absolute atomic E-state index is 0.0751. The van der Waals surface area contributed by atoms with Crippen LogP contribution in [0, 0.1) is 0 Å². The van der Waals surface area contributed by atoms with E-state index in [2.05, 4.69) is 10.3 Å². The van der Waals surface area contributed by atoms with Gasteiger partial charge in [-0.1, -0.05) is 11.6 Å². The highest BCUT2D eigenvalue weighted by atomic mass is 35.5. The molecule has 98 valence electrons. The van der Waals surface area contributed by atoms with Gasteiger partial charge in [0.2, 0.25) is 0 Å². The third-order valence-corrected chi connectivity index (χ3v) is 1.92. The molecule has 18 heavy (non-hydrogen) atoms. The van der Waals surface area contributed by atoms with Gasteiger partial charge in [-0.2, -0.15) is 0 Å². The largest absolute Gasteiger partial charge is 0.478 e. The molecule has 0 unspecified atom stereocenters. The summed E-state index contributed by atoms with van der Waals surface area (Å²) in [5, 5.41) is 11.3. The Labute approximate surface area is 109 Å². The molecular formula is C11H13ClN2O4. The lowest BCUT2D eigenvalue weighted by Gasteiger charge is -2.19. The maximum atomic E-state index is 11.5. The summed E-state index contributed by atoms with van der Waals surface area (Å²) in [5.41, 5.74) is -0.850. The number of hydrogen-bond acceptors (Lipinski definition) is 4. The van der Waals surface area contributed by atoms with E-state index in [1.165, 1.54) is 12.1 Å². The van der Waals surface area contributed by atoms with E-state index < -0.39 is 17.7 Å². The van der Waals surface area contributed by atoms with Crippen molar-refractivity contribution in [3.05, 3.63) is 22.8 Å². The van der Waals surface area contributed by atoms with Gasteiger partial charge in [0.1, 0.15) is 16.3 Å². The lowest BCUT2D eigenvalue weighted by atomic mass is 10.2. The molecule has 1 aromatic heterocycles. The zero-order valence-corrected chi connectivity index (χ0v) is 10.9. The molecule has 0 atom stereocenters. The van der Waals surface area contributed by atoms with Crippen LogP contribution in [0.15, 0.2) is 12.1 Å². The van der Waals surface area contributed by atoms with Crippen LogP contribution in [0.25, 0.3) is 0 Å². The molecule has 0 radical (unpaired) electrons. The number of aromatic nitrogens is 1. The second-order valence-electron chi connectivity index (χ2n) is 4.46. The summed E-state index contributed by atoms with van der Waals surface area (Å²) in [6.07, 6.45) is -0.792. The maximum absolute atomic E-state index is 11.5. The number of amides is 1. The number of carbonyl (C=O) groups excluding carboxylic acids is 1. The summed E-state index contributed by atoms with van der Waals surface area (Å²) in [6, 6.07) is 2.58. The molecule has 0 saturated heterocycles. The van der Waals surface area contributed by atoms with E-state index >= 15 is 0 Å². The highest BCUT2D eigenvalue weighted by Gasteiger charge is 2.19. The Hall–Kier alpha value is -1.82. The number of carbonyl (C=O) groups is 2. The van der Waals surface area contributed by atoms with Crippen molar-refractivity contribution in [2.45, 2.75) is 26.4 Å². The molecule has 0 saturated carbocycles. The van der Waals surface area contributed by atoms with Crippen LogP contribution in [0.5, 0.6) is 0 Å². The number of nitrogens with zero attached hydrogens (tertiary/aromatic N) is 1. The molecule has 2 N–H and O–H groups in total. The van der Waals surface area contributed by atoms with Gasteiger partial charge in [0, 0.05) is 0 Å². The van der Waals surface area contributed by atoms with Crippen molar-refractivity contribution < 1.29 is 19.4 Å². The summed E-state index contributed by atoms with van der Waals surface area (Å²) in [4.78, 5) is 26.2. The minimum Gasteiger partial charge on any atom is -0.478 e. The van der Waals surface area contributed by atoms with Crippen molar-refractivity contribution in [2.75, 3.05) is 5.32 Å². The van der Waals surface area contributed by atoms with Gasteiger partial charge < -0.3 is 9.84 Å². The van der Waals surface area contributed by atoms with E-state index in [4.69, 9.17) is 21.4 Å². The zero-order valence-electron chi connectivity index (χ0n) is 10.2. The number of hydrogen-bond donors (Lipinski definition) is 2. The van der Waals surface area contributed by atoms with Crippen LogP contribution in [-0.2, 0) is 4.74 Å². The molecule has 1 amide bonds. The number of halogens is 1. The number of carboxylic acids is 1. The van der Waals surface area contributed by atoms with Crippen molar-refractivity contribution in [3.8, 4) is 0 Å². The molecule has 1 aromatic rings. The van der Waals surface area contributed by atoms with Gasteiger partial charge in [0.15, 0.2) is 5.82 Å². The second kappa shape index (κ2) is 5.22. The average molecular weight is 273 g/mol. The molecule has 0 bridgehead atoms. The van der Waals surface area contributed by atoms with Crippen LogP contribution in [0.1, 0.15) is 31.1 Å². The van der Waals surface area contributed by atoms with Gasteiger partial charge in [0.25, 0.3) is 0 Å². The van der Waals surface area contributed by atoms with Gasteiger partial charge in [-0.3, -0.25) is 5.32 Å². The Morgan fingerprint density at radius 3 is 2.50 bits per heavy atom. The Bertz CT molecular complexity index is 482. The third kappa shape index (κ3) is 4.21. The predicted molar refractivity (Wildman–Crippen MR) is 66.1 cm³/mol. The maximum Gasteiger partial charge on any atom is 0.413 e. The minimum atomic E-state index is -1.22. The highest BCUT2D eigenvalue weighted by Crippen LogP contribution is 2.18. The summed E-state index contributed by atoms with van der Waals surface area (Å²) in [7, 11) is 0. The van der Waals surface area contributed by atoms with Gasteiger partial charge >= 0.3 is 12.1 Å². The van der Waals surface area contributed by atoms with E-state index in [0.717, 1.165) is 0 Å². The van der Waals surface area contributed by atoms with Crippen molar-refractivity contribution in [3.63, 3.8) is 0 Å². The normalized spacial score (nSPS) is 10.9. The van der Waals surface area contributed by atoms with E-state index in [1.807, 2.05) is 0 Å². The number of rotatable bonds is 2. The standard InChI is InChI=1S/C11H13ClN2O4/c1-11(2,3)18-10(17)14-8-6(9(15)16)4-5-7(12)13-8/h4-5H,1-3H3,(H,15,16)(H,13,14,17). The molecule has 1 heterocycles. The summed E-state index contributed by atoms with van der Waals surface area (Å²) in [6.45, 7) is 5.07. The second-order valence-corrected chi connectivity index (χ2v) is 4.85. The monoisotopic (exact) mass is 272 g/mol. The van der Waals surface area contributed by atoms with Gasteiger partial charge in [0.05, 0.1) is 0 Å². The molecule has 0 fully saturated rings. The van der Waals surface area contributed by atoms with Crippen LogP contribution in [0.2, 0.25) is 5.15 Å². The smallest absolute Gasteiger partial charge is 0.413 e. The van der Waals surface area contributed by atoms with E-state index in [1.54, 1.807) is 20.8 Å². The number of aromatic carboxylic acids is 1. The molecule has 0 aliphatic carbocycles. The topological polar surface area (TPSA) is 88.5 Å². The van der Waals surface area contributed by atoms with Crippen molar-refractivity contribution in [1.82, 2.24) is 4.98 Å². The summed E-state index contributed by atoms with van der Waals surface area (Å²) >= 11 is 5.64. The fourth-order valence-electron chi connectivity index (χ4n) is 1.10. The van der Waals surface area contributed by atoms with Crippen LogP contribution in [0.3, 0.4) is 0 Å². The van der Waals surface area contributed by atoms with Crippen LogP contribution in [0.4, 0.5) is 10.6 Å². The average Bonchev–Trinajstić information content (AvgIpc) is 2.13. The lowest BCUT2D eigenvalue weighted by molar-refractivity contribution is 0.0635. The van der Waals surface area contributed by atoms with Gasteiger partial charge in [-0.05, 0) is 32.9 Å². The Morgan fingerprint density at radius 1 is 1.39 bits per heavy atom. The van der Waals surface area contributed by atoms with Gasteiger partial charge in [-0.15, -0.1) is 0 Å². The molecule has 0 aliphatic heterocycles.